The summed E-state index contributed by atoms with van der Waals surface area (Å²) in [7, 11) is 0. The average molecular weight is 331 g/mol. The molecule has 0 saturated heterocycles. The Morgan fingerprint density at radius 3 is 2.76 bits per heavy atom. The van der Waals surface area contributed by atoms with Gasteiger partial charge in [0.25, 0.3) is 0 Å². The van der Waals surface area contributed by atoms with Gasteiger partial charge in [0.1, 0.15) is 5.75 Å². The van der Waals surface area contributed by atoms with E-state index in [2.05, 4.69) is 19.2 Å². The summed E-state index contributed by atoms with van der Waals surface area (Å²) in [6.45, 7) is 4.74. The first-order chi connectivity index (χ1) is 9.93. The van der Waals surface area contributed by atoms with Crippen molar-refractivity contribution in [3.63, 3.8) is 0 Å². The fourth-order valence-electron chi connectivity index (χ4n) is 1.56. The molecule has 1 amide bonds. The number of carbonyl (C=O) groups excluding carboxylic acids is 1. The van der Waals surface area contributed by atoms with Gasteiger partial charge >= 0.3 is 0 Å². The number of anilines is 1. The van der Waals surface area contributed by atoms with Crippen molar-refractivity contribution in [3.05, 3.63) is 23.2 Å². The number of benzene rings is 1. The smallest absolute Gasteiger partial charge is 0.241 e. The lowest BCUT2D eigenvalue weighted by molar-refractivity contribution is -0.117. The minimum atomic E-state index is -0.506. The molecule has 1 aromatic rings. The molecule has 1 unspecified atom stereocenters. The van der Waals surface area contributed by atoms with Crippen LogP contribution < -0.4 is 15.8 Å². The Bertz CT molecular complexity index is 469. The van der Waals surface area contributed by atoms with Gasteiger partial charge in [0.15, 0.2) is 0 Å². The van der Waals surface area contributed by atoms with Crippen LogP contribution in [0.4, 0.5) is 5.69 Å². The van der Waals surface area contributed by atoms with E-state index in [1.54, 1.807) is 30.0 Å². The van der Waals surface area contributed by atoms with E-state index in [-0.39, 0.29) is 5.91 Å². The Hall–Kier alpha value is -0.910. The third-order valence-corrected chi connectivity index (χ3v) is 3.68. The number of rotatable bonds is 8. The third kappa shape index (κ3) is 6.59. The van der Waals surface area contributed by atoms with Gasteiger partial charge in [0.05, 0.1) is 17.7 Å². The number of carbonyl (C=O) groups is 1. The summed E-state index contributed by atoms with van der Waals surface area (Å²) >= 11 is 7.82. The maximum atomic E-state index is 11.9. The second-order valence-corrected chi connectivity index (χ2v) is 6.62. The van der Waals surface area contributed by atoms with Gasteiger partial charge in [-0.2, -0.15) is 11.8 Å². The number of amides is 1. The van der Waals surface area contributed by atoms with E-state index < -0.39 is 6.04 Å². The topological polar surface area (TPSA) is 64.4 Å². The highest BCUT2D eigenvalue weighted by atomic mass is 35.5. The Balaban J connectivity index is 2.60. The molecule has 21 heavy (non-hydrogen) atoms. The maximum Gasteiger partial charge on any atom is 0.241 e. The SMILES string of the molecule is CSCCC(N)C(=O)Nc1ccc(OCC(C)C)c(Cl)c1. The number of nitrogens with one attached hydrogen (secondary N) is 1. The predicted molar refractivity (Wildman–Crippen MR) is 91.4 cm³/mol. The van der Waals surface area contributed by atoms with Crippen LogP contribution in [0, 0.1) is 5.92 Å². The van der Waals surface area contributed by atoms with Crippen LogP contribution in [0.5, 0.6) is 5.75 Å². The Morgan fingerprint density at radius 1 is 1.48 bits per heavy atom. The van der Waals surface area contributed by atoms with E-state index in [4.69, 9.17) is 22.1 Å². The van der Waals surface area contributed by atoms with Crippen molar-refractivity contribution >= 4 is 35.0 Å². The summed E-state index contributed by atoms with van der Waals surface area (Å²) in [5.74, 6) is 1.71. The van der Waals surface area contributed by atoms with Crippen molar-refractivity contribution in [1.29, 1.82) is 0 Å². The Kier molecular flexibility index (Phi) is 7.93. The highest BCUT2D eigenvalue weighted by Crippen LogP contribution is 2.28. The van der Waals surface area contributed by atoms with Gasteiger partial charge in [0, 0.05) is 5.69 Å². The van der Waals surface area contributed by atoms with Crippen LogP contribution in [-0.2, 0) is 4.79 Å². The summed E-state index contributed by atoms with van der Waals surface area (Å²) in [5.41, 5.74) is 6.44. The lowest BCUT2D eigenvalue weighted by Gasteiger charge is -2.14. The molecule has 1 aromatic carbocycles. The van der Waals surface area contributed by atoms with Gasteiger partial charge in [-0.25, -0.2) is 0 Å². The van der Waals surface area contributed by atoms with Crippen LogP contribution in [-0.4, -0.2) is 30.6 Å². The van der Waals surface area contributed by atoms with E-state index in [0.717, 1.165) is 5.75 Å². The van der Waals surface area contributed by atoms with Crippen molar-refractivity contribution in [2.24, 2.45) is 11.7 Å². The molecule has 6 heteroatoms. The summed E-state index contributed by atoms with van der Waals surface area (Å²) in [4.78, 5) is 11.9. The van der Waals surface area contributed by atoms with E-state index in [0.29, 0.717) is 35.4 Å². The summed E-state index contributed by atoms with van der Waals surface area (Å²) < 4.78 is 5.59. The van der Waals surface area contributed by atoms with Crippen LogP contribution in [0.3, 0.4) is 0 Å². The monoisotopic (exact) mass is 330 g/mol. The Labute approximate surface area is 135 Å². The molecule has 3 N–H and O–H groups in total. The average Bonchev–Trinajstić information content (AvgIpc) is 2.43. The highest BCUT2D eigenvalue weighted by molar-refractivity contribution is 7.98. The molecule has 0 aliphatic heterocycles. The summed E-state index contributed by atoms with van der Waals surface area (Å²) in [6.07, 6.45) is 2.64. The van der Waals surface area contributed by atoms with E-state index >= 15 is 0 Å². The molecule has 0 aromatic heterocycles. The predicted octanol–water partition coefficient (Wildman–Crippen LogP) is 3.39. The minimum absolute atomic E-state index is 0.198. The summed E-state index contributed by atoms with van der Waals surface area (Å²) in [5, 5.41) is 3.25. The fraction of sp³-hybridized carbons (Fsp3) is 0.533. The number of ether oxygens (including phenoxy) is 1. The van der Waals surface area contributed by atoms with Crippen molar-refractivity contribution < 1.29 is 9.53 Å². The van der Waals surface area contributed by atoms with Gasteiger partial charge in [-0.3, -0.25) is 4.79 Å². The largest absolute Gasteiger partial charge is 0.492 e. The first-order valence-corrected chi connectivity index (χ1v) is 8.69. The Morgan fingerprint density at radius 2 is 2.19 bits per heavy atom. The molecule has 4 nitrogen and oxygen atoms in total. The minimum Gasteiger partial charge on any atom is -0.492 e. The van der Waals surface area contributed by atoms with Gasteiger partial charge in [-0.05, 0) is 42.5 Å². The van der Waals surface area contributed by atoms with E-state index in [9.17, 15) is 4.79 Å². The van der Waals surface area contributed by atoms with Crippen LogP contribution in [0.15, 0.2) is 18.2 Å². The number of hydrogen-bond donors (Lipinski definition) is 2. The first-order valence-electron chi connectivity index (χ1n) is 6.91. The van der Waals surface area contributed by atoms with Crippen molar-refractivity contribution in [1.82, 2.24) is 0 Å². The molecule has 0 radical (unpaired) electrons. The molecule has 0 fully saturated rings. The van der Waals surface area contributed by atoms with Gasteiger partial charge in [-0.1, -0.05) is 25.4 Å². The quantitative estimate of drug-likeness (QED) is 0.766. The maximum absolute atomic E-state index is 11.9. The second kappa shape index (κ2) is 9.18. The van der Waals surface area contributed by atoms with E-state index in [1.165, 1.54) is 0 Å². The zero-order valence-electron chi connectivity index (χ0n) is 12.7. The standard InChI is InChI=1S/C15H23ClN2O2S/c1-10(2)9-20-14-5-4-11(8-12(14)16)18-15(19)13(17)6-7-21-3/h4-5,8,10,13H,6-7,9,17H2,1-3H3,(H,18,19). The van der Waals surface area contributed by atoms with Crippen LogP contribution in [0.25, 0.3) is 0 Å². The second-order valence-electron chi connectivity index (χ2n) is 5.23. The fourth-order valence-corrected chi connectivity index (χ4v) is 2.29. The van der Waals surface area contributed by atoms with Crippen LogP contribution >= 0.6 is 23.4 Å². The zero-order valence-corrected chi connectivity index (χ0v) is 14.3. The molecule has 118 valence electrons. The first kappa shape index (κ1) is 18.1. The number of hydrogen-bond acceptors (Lipinski definition) is 4. The highest BCUT2D eigenvalue weighted by Gasteiger charge is 2.14. The van der Waals surface area contributed by atoms with Gasteiger partial charge < -0.3 is 15.8 Å². The lowest BCUT2D eigenvalue weighted by atomic mass is 10.2. The molecule has 0 spiro atoms. The van der Waals surface area contributed by atoms with Crippen LogP contribution in [0.1, 0.15) is 20.3 Å². The van der Waals surface area contributed by atoms with Crippen molar-refractivity contribution in [2.45, 2.75) is 26.3 Å². The molecular weight excluding hydrogens is 308 g/mol. The molecule has 1 rings (SSSR count). The van der Waals surface area contributed by atoms with Crippen LogP contribution in [0.2, 0.25) is 5.02 Å². The number of thioether (sulfide) groups is 1. The molecular formula is C15H23ClN2O2S. The van der Waals surface area contributed by atoms with Crippen molar-refractivity contribution in [3.8, 4) is 5.75 Å². The summed E-state index contributed by atoms with van der Waals surface area (Å²) in [6, 6.07) is 4.69. The molecule has 0 heterocycles. The van der Waals surface area contributed by atoms with Gasteiger partial charge in [0.2, 0.25) is 5.91 Å². The zero-order chi connectivity index (χ0) is 15.8. The molecule has 0 aliphatic rings. The normalized spacial score (nSPS) is 12.3. The number of halogens is 1. The molecule has 1 atom stereocenters. The van der Waals surface area contributed by atoms with Crippen molar-refractivity contribution in [2.75, 3.05) is 23.9 Å². The number of nitrogens with two attached hydrogens (primary N) is 1. The van der Waals surface area contributed by atoms with E-state index in [1.807, 2.05) is 6.26 Å². The lowest BCUT2D eigenvalue weighted by Crippen LogP contribution is -2.36. The molecule has 0 aliphatic carbocycles. The third-order valence-electron chi connectivity index (χ3n) is 2.74. The molecule has 0 saturated carbocycles. The van der Waals surface area contributed by atoms with Gasteiger partial charge in [-0.15, -0.1) is 0 Å². The molecule has 0 bridgehead atoms.